The molecule has 0 unspecified atom stereocenters. The predicted octanol–water partition coefficient (Wildman–Crippen LogP) is 23.9. The van der Waals surface area contributed by atoms with Crippen molar-refractivity contribution in [2.75, 3.05) is 87.2 Å². The van der Waals surface area contributed by atoms with Crippen molar-refractivity contribution in [3.8, 4) is 102 Å². The van der Waals surface area contributed by atoms with Crippen LogP contribution in [0.1, 0.15) is 105 Å². The summed E-state index contributed by atoms with van der Waals surface area (Å²) in [4.78, 5) is 55.2. The highest BCUT2D eigenvalue weighted by atomic mass is 35.5. The smallest absolute Gasteiger partial charge is 0.221 e. The lowest BCUT2D eigenvalue weighted by atomic mass is 9.90. The van der Waals surface area contributed by atoms with Crippen LogP contribution in [-0.4, -0.2) is 113 Å². The Morgan fingerprint density at radius 2 is 0.667 bits per heavy atom. The van der Waals surface area contributed by atoms with Gasteiger partial charge in [-0.15, -0.1) is 22.7 Å². The highest BCUT2D eigenvalue weighted by molar-refractivity contribution is 7.20. The fraction of sp³-hybridized carbons (Fsp3) is 0.261. The molecule has 21 rings (SSSR count). The Bertz CT molecular complexity index is 6690. The van der Waals surface area contributed by atoms with Crippen LogP contribution in [0.5, 0.6) is 34.5 Å². The van der Waals surface area contributed by atoms with E-state index in [4.69, 9.17) is 207 Å². The molecule has 132 heavy (non-hydrogen) atoms. The van der Waals surface area contributed by atoms with E-state index in [9.17, 15) is 0 Å². The number of nitrogen functional groups attached to an aromatic ring is 6. The summed E-state index contributed by atoms with van der Waals surface area (Å²) in [6.45, 7) is 22.6. The molecule has 40 heteroatoms. The summed E-state index contributed by atoms with van der Waals surface area (Å²) in [6, 6.07) is 19.7. The molecule has 13 N–H and O–H groups in total. The number of hydrogen-bond acceptors (Lipinski definition) is 28. The molecular formula is C92H81Cl12N19O7S2. The van der Waals surface area contributed by atoms with E-state index in [2.05, 4.69) is 78.3 Å². The molecule has 0 fully saturated rings. The summed E-state index contributed by atoms with van der Waals surface area (Å²) in [7, 11) is 0. The lowest BCUT2D eigenvalue weighted by Crippen LogP contribution is -2.12. The molecule has 682 valence electrons. The van der Waals surface area contributed by atoms with Crippen LogP contribution in [-0.2, 0) is 62.5 Å². The number of ether oxygens (including phenoxy) is 7. The number of fused-ring (bicyclic) bond motifs is 9. The number of hydrogen-bond donors (Lipinski definition) is 7. The maximum absolute atomic E-state index is 6.55. The third-order valence-electron chi connectivity index (χ3n) is 22.0. The van der Waals surface area contributed by atoms with E-state index < -0.39 is 0 Å². The van der Waals surface area contributed by atoms with Crippen molar-refractivity contribution in [3.05, 3.63) is 212 Å². The summed E-state index contributed by atoms with van der Waals surface area (Å²) < 4.78 is 39.2. The number of nitrogens with two attached hydrogens (primary N) is 6. The molecule has 6 aliphatic heterocycles. The number of benzene rings is 6. The van der Waals surface area contributed by atoms with Crippen molar-refractivity contribution in [2.24, 2.45) is 0 Å². The van der Waals surface area contributed by atoms with Crippen molar-refractivity contribution in [3.63, 3.8) is 0 Å². The molecule has 6 aromatic carbocycles. The van der Waals surface area contributed by atoms with Crippen LogP contribution in [0.15, 0.2) is 79.9 Å². The Kier molecular flexibility index (Phi) is 29.2. The first-order chi connectivity index (χ1) is 63.3. The summed E-state index contributed by atoms with van der Waals surface area (Å²) in [5.74, 6) is 6.12. The Labute approximate surface area is 826 Å². The molecule has 26 nitrogen and oxygen atoms in total. The van der Waals surface area contributed by atoms with Crippen LogP contribution < -0.4 is 68.1 Å². The Balaban J connectivity index is 0.000000116. The van der Waals surface area contributed by atoms with Crippen LogP contribution in [0.2, 0.25) is 60.3 Å². The number of aryl methyl sites for hydroxylation is 4. The van der Waals surface area contributed by atoms with E-state index in [-0.39, 0.29) is 29.7 Å². The van der Waals surface area contributed by atoms with Gasteiger partial charge in [0.1, 0.15) is 49.9 Å². The van der Waals surface area contributed by atoms with Gasteiger partial charge in [-0.25, -0.2) is 59.8 Å². The van der Waals surface area contributed by atoms with E-state index in [1.807, 2.05) is 65.0 Å². The number of thiophene rings is 2. The number of nitrogens with zero attached hydrogens (tertiary/aromatic N) is 12. The van der Waals surface area contributed by atoms with Gasteiger partial charge in [0.05, 0.1) is 150 Å². The zero-order chi connectivity index (χ0) is 93.5. The van der Waals surface area contributed by atoms with Gasteiger partial charge in [0.2, 0.25) is 35.7 Å². The number of anilines is 6. The molecule has 0 bridgehead atoms. The number of nitrogens with one attached hydrogen (secondary N) is 1. The van der Waals surface area contributed by atoms with Crippen molar-refractivity contribution in [2.45, 2.75) is 105 Å². The van der Waals surface area contributed by atoms with Gasteiger partial charge in [-0.3, -0.25) is 0 Å². The molecule has 0 spiro atoms. The molecule has 14 heterocycles. The van der Waals surface area contributed by atoms with Crippen molar-refractivity contribution in [1.29, 1.82) is 0 Å². The number of halogens is 12. The molecule has 0 atom stereocenters. The second-order valence-corrected chi connectivity index (χ2v) is 37.6. The van der Waals surface area contributed by atoms with Gasteiger partial charge >= 0.3 is 0 Å². The zero-order valence-electron chi connectivity index (χ0n) is 71.2. The maximum atomic E-state index is 6.55. The van der Waals surface area contributed by atoms with Crippen LogP contribution in [0.4, 0.5) is 35.7 Å². The van der Waals surface area contributed by atoms with Gasteiger partial charge in [0, 0.05) is 157 Å². The molecule has 1 aliphatic carbocycles. The van der Waals surface area contributed by atoms with Crippen molar-refractivity contribution >= 4 is 229 Å². The van der Waals surface area contributed by atoms with Crippen molar-refractivity contribution < 1.29 is 33.2 Å². The van der Waals surface area contributed by atoms with Gasteiger partial charge in [0.15, 0.2) is 0 Å². The lowest BCUT2D eigenvalue weighted by Gasteiger charge is -2.20. The van der Waals surface area contributed by atoms with Crippen LogP contribution in [0, 0.1) is 13.8 Å². The van der Waals surface area contributed by atoms with Gasteiger partial charge in [-0.2, -0.15) is 0 Å². The van der Waals surface area contributed by atoms with E-state index >= 15 is 0 Å². The largest absolute Gasteiger partial charge is 0.493 e. The quantitative estimate of drug-likeness (QED) is 0.0527. The lowest BCUT2D eigenvalue weighted by molar-refractivity contribution is 0.300. The molecule has 0 radical (unpaired) electrons. The van der Waals surface area contributed by atoms with Gasteiger partial charge in [-0.1, -0.05) is 159 Å². The van der Waals surface area contributed by atoms with Crippen LogP contribution in [0.3, 0.4) is 0 Å². The monoisotopic (exact) mass is 2050 g/mol. The average Bonchev–Trinajstić information content (AvgIpc) is 1.59. The second-order valence-electron chi connectivity index (χ2n) is 30.6. The number of aromatic nitrogens is 12. The molecule has 14 aromatic rings. The normalized spacial score (nSPS) is 13.6. The minimum atomic E-state index is 0.182. The fourth-order valence-electron chi connectivity index (χ4n) is 16.6. The summed E-state index contributed by atoms with van der Waals surface area (Å²) in [5, 5.41) is 11.4. The first kappa shape index (κ1) is 95.1. The van der Waals surface area contributed by atoms with Gasteiger partial charge < -0.3 is 72.9 Å². The first-order valence-corrected chi connectivity index (χ1v) is 47.8. The van der Waals surface area contributed by atoms with Gasteiger partial charge in [-0.05, 0) is 127 Å². The highest BCUT2D eigenvalue weighted by Crippen LogP contribution is 2.53. The molecule has 0 saturated heterocycles. The maximum Gasteiger partial charge on any atom is 0.221 e. The Hall–Kier alpha value is -10.1. The minimum absolute atomic E-state index is 0.182. The fourth-order valence-corrected chi connectivity index (χ4v) is 22.4. The summed E-state index contributed by atoms with van der Waals surface area (Å²) in [5.41, 5.74) is 55.8. The SMILES string of the molecule is C=C(NCC)c1cc2c(-c3c(Cl)cc(Cl)c4c3CCO4)nc(N)nc2s1.C=C(OCC)c1cc2c(-c3c(Cl)cc(Cl)c4c3CCO4)nc(N)nc2s1.CCc1cc(-c2c(Cl)cc(Cl)c3c2CCO3)nc(N)n1.Cc1cc(-c2c(Cl)cc(Cl)c3c2CCO3)nc(N)n1.Cc1cc(-c2c(Cl)cc(Cl)c3c2CCO3)nc(N)n1.Nc1nc2c(c(-c3c(Cl)cc(Cl)c4c3CCO4)n1)CCCC2. The van der Waals surface area contributed by atoms with Crippen LogP contribution in [0.25, 0.3) is 99.4 Å². The minimum Gasteiger partial charge on any atom is -0.493 e. The molecular weight excluding hydrogens is 1970 g/mol. The van der Waals surface area contributed by atoms with E-state index in [1.54, 1.807) is 36.4 Å². The summed E-state index contributed by atoms with van der Waals surface area (Å²) in [6.07, 6.45) is 9.44. The van der Waals surface area contributed by atoms with Gasteiger partial charge in [0.25, 0.3) is 0 Å². The third kappa shape index (κ3) is 19.8. The molecule has 0 saturated carbocycles. The topological polar surface area (TPSA) is 387 Å². The second kappa shape index (κ2) is 40.6. The zero-order valence-corrected chi connectivity index (χ0v) is 81.9. The highest BCUT2D eigenvalue weighted by Gasteiger charge is 2.34. The predicted molar refractivity (Wildman–Crippen MR) is 536 cm³/mol. The van der Waals surface area contributed by atoms with E-state index in [1.165, 1.54) is 28.2 Å². The summed E-state index contributed by atoms with van der Waals surface area (Å²) >= 11 is 78.8. The average molecular weight is 2050 g/mol. The molecule has 7 aliphatic rings. The third-order valence-corrected chi connectivity index (χ3v) is 27.6. The molecule has 8 aromatic heterocycles. The Morgan fingerprint density at radius 1 is 0.348 bits per heavy atom. The van der Waals surface area contributed by atoms with E-state index in [0.717, 1.165) is 213 Å². The standard InChI is InChI=1S/C18H16Cl2N4OS.C18H15Cl2N3O2S.C16H15Cl2N3O.C14H13Cl2N3O.2C13H11Cl2N3O/c1-3-22-8(2)13-6-10-15(23-18(21)24-17(10)26-13)14-9-4-5-25-16(9)12(20)7-11(14)19;1-3-24-8(2)13-6-10-15(22-18(21)23-17(10)26-13)14-9-4-5-25-16(9)12(20)7-11(14)19;17-10-7-11(18)15-9(5-6-22-15)13(10)14-8-3-1-2-4-12(8)20-16(19)21-14;1-2-7-5-11(19-14(17)18-7)12-8-3-4-20-13(8)10(16)6-9(12)15;2*1-6-4-10(18-13(16)17-6)11-7-2-3-19-12(7)9(15)5-8(11)14/h6-7,22H,2-5H2,1H3,(H2,21,23,24);6-7H,2-5H2,1H3,(H2,21,22,23);7H,1-6H2,(H2,19,20,21);5-6H,2-4H2,1H3,(H2,17,18,19);2*4-5H,2-3H2,1H3,(H2,16,17,18). The van der Waals surface area contributed by atoms with Crippen molar-refractivity contribution in [1.82, 2.24) is 65.1 Å². The van der Waals surface area contributed by atoms with Crippen LogP contribution >= 0.6 is 162 Å². The van der Waals surface area contributed by atoms with E-state index in [0.29, 0.717) is 176 Å². The molecule has 0 amide bonds. The Morgan fingerprint density at radius 3 is 1.04 bits per heavy atom. The number of rotatable bonds is 13. The first-order valence-electron chi connectivity index (χ1n) is 41.6.